The van der Waals surface area contributed by atoms with Crippen LogP contribution < -0.4 is 5.32 Å². The summed E-state index contributed by atoms with van der Waals surface area (Å²) >= 11 is 6.27. The van der Waals surface area contributed by atoms with Gasteiger partial charge >= 0.3 is 0 Å². The molecule has 1 nitrogen and oxygen atoms in total. The van der Waals surface area contributed by atoms with Crippen molar-refractivity contribution in [1.82, 2.24) is 5.32 Å². The van der Waals surface area contributed by atoms with Crippen LogP contribution >= 0.6 is 11.6 Å². The predicted octanol–water partition coefficient (Wildman–Crippen LogP) is 6.05. The van der Waals surface area contributed by atoms with E-state index in [0.29, 0.717) is 6.04 Å². The minimum atomic E-state index is 0.329. The molecule has 1 aromatic carbocycles. The van der Waals surface area contributed by atoms with Crippen molar-refractivity contribution in [2.24, 2.45) is 0 Å². The van der Waals surface area contributed by atoms with Crippen LogP contribution in [0.5, 0.6) is 0 Å². The van der Waals surface area contributed by atoms with Gasteiger partial charge in [0.1, 0.15) is 0 Å². The van der Waals surface area contributed by atoms with E-state index < -0.39 is 0 Å². The van der Waals surface area contributed by atoms with E-state index in [1.807, 2.05) is 6.07 Å². The smallest absolute Gasteiger partial charge is 0.0730 e. The molecule has 0 radical (unpaired) electrons. The van der Waals surface area contributed by atoms with Gasteiger partial charge in [0, 0.05) is 5.02 Å². The summed E-state index contributed by atoms with van der Waals surface area (Å²) in [6, 6.07) is 6.78. The molecule has 1 aliphatic carbocycles. The maximum Gasteiger partial charge on any atom is 0.0730 e. The van der Waals surface area contributed by atoms with Crippen LogP contribution in [0, 0.1) is 0 Å². The summed E-state index contributed by atoms with van der Waals surface area (Å²) in [6.07, 6.45) is 13.4. The lowest BCUT2D eigenvalue weighted by molar-refractivity contribution is 0.736. The average Bonchev–Trinajstić information content (AvgIpc) is 2.71. The number of nitrogens with one attached hydrogen (secondary N) is 1. The Morgan fingerprint density at radius 2 is 1.96 bits per heavy atom. The van der Waals surface area contributed by atoms with E-state index in [2.05, 4.69) is 49.6 Å². The van der Waals surface area contributed by atoms with Crippen LogP contribution in [0.3, 0.4) is 0 Å². The largest absolute Gasteiger partial charge is 0.380 e. The lowest BCUT2D eigenvalue weighted by Gasteiger charge is -2.27. The van der Waals surface area contributed by atoms with Crippen LogP contribution in [-0.4, -0.2) is 6.04 Å². The summed E-state index contributed by atoms with van der Waals surface area (Å²) < 4.78 is 0. The number of dihydropyridines is 1. The van der Waals surface area contributed by atoms with E-state index in [-0.39, 0.29) is 0 Å². The molecule has 1 heterocycles. The molecule has 0 aromatic heterocycles. The second-order valence-electron chi connectivity index (χ2n) is 6.52. The summed E-state index contributed by atoms with van der Waals surface area (Å²) in [5, 5.41) is 4.47. The van der Waals surface area contributed by atoms with Crippen molar-refractivity contribution in [2.75, 3.05) is 0 Å². The Hall–Kier alpha value is -1.47. The Morgan fingerprint density at radius 1 is 1.17 bits per heavy atom. The molecule has 2 aliphatic rings. The number of halogens is 1. The first-order valence-electron chi connectivity index (χ1n) is 8.87. The molecule has 0 bridgehead atoms. The van der Waals surface area contributed by atoms with Gasteiger partial charge in [-0.3, -0.25) is 0 Å². The van der Waals surface area contributed by atoms with Crippen LogP contribution in [0.1, 0.15) is 57.1 Å². The molecular weight excluding hydrogens is 302 g/mol. The minimum Gasteiger partial charge on any atom is -0.380 e. The molecule has 0 amide bonds. The Balaban J connectivity index is 2.19. The Bertz CT molecular complexity index is 658. The summed E-state index contributed by atoms with van der Waals surface area (Å²) in [5.74, 6) is 0. The fourth-order valence-electron chi connectivity index (χ4n) is 3.88. The summed E-state index contributed by atoms with van der Waals surface area (Å²) in [5.41, 5.74) is 7.42. The third-order valence-corrected chi connectivity index (χ3v) is 5.09. The second-order valence-corrected chi connectivity index (χ2v) is 6.96. The van der Waals surface area contributed by atoms with E-state index in [4.69, 9.17) is 11.6 Å². The van der Waals surface area contributed by atoms with E-state index in [1.54, 1.807) is 5.57 Å². The highest BCUT2D eigenvalue weighted by molar-refractivity contribution is 6.30. The molecule has 23 heavy (non-hydrogen) atoms. The number of hydrogen-bond acceptors (Lipinski definition) is 1. The van der Waals surface area contributed by atoms with Crippen molar-refractivity contribution in [3.8, 4) is 0 Å². The maximum atomic E-state index is 6.27. The lowest BCUT2D eigenvalue weighted by atomic mass is 9.85. The summed E-state index contributed by atoms with van der Waals surface area (Å²) in [4.78, 5) is 0. The standard InChI is InChI=1S/C21H26ClN/c1-3-6-15(7-4-2)20-19-12-11-18(22)14-17(19)10-9-16-8-5-13-23-21(16)20/h5,8,11-14,21,23H,3-4,6-7,9-10H2,1-2H3. The number of benzene rings is 1. The zero-order valence-electron chi connectivity index (χ0n) is 14.2. The van der Waals surface area contributed by atoms with Crippen LogP contribution in [0.15, 0.2) is 47.7 Å². The third-order valence-electron chi connectivity index (χ3n) is 4.85. The van der Waals surface area contributed by atoms with Gasteiger partial charge in [-0.25, -0.2) is 0 Å². The molecule has 0 saturated heterocycles. The zero-order valence-corrected chi connectivity index (χ0v) is 14.9. The van der Waals surface area contributed by atoms with Gasteiger partial charge in [0.15, 0.2) is 0 Å². The van der Waals surface area contributed by atoms with Gasteiger partial charge in [0.2, 0.25) is 0 Å². The van der Waals surface area contributed by atoms with E-state index in [0.717, 1.165) is 17.9 Å². The topological polar surface area (TPSA) is 12.0 Å². The van der Waals surface area contributed by atoms with Crippen LogP contribution in [0.25, 0.3) is 5.57 Å². The molecular formula is C21H26ClN. The molecule has 2 heteroatoms. The Kier molecular flexibility index (Phi) is 5.27. The number of fused-ring (bicyclic) bond motifs is 2. The highest BCUT2D eigenvalue weighted by atomic mass is 35.5. The van der Waals surface area contributed by atoms with Crippen LogP contribution in [0.2, 0.25) is 5.02 Å². The molecule has 0 fully saturated rings. The molecule has 1 aliphatic heterocycles. The normalized spacial score (nSPS) is 19.3. The van der Waals surface area contributed by atoms with Gasteiger partial charge < -0.3 is 5.32 Å². The molecule has 3 rings (SSSR count). The van der Waals surface area contributed by atoms with Crippen molar-refractivity contribution in [3.05, 3.63) is 63.8 Å². The minimum absolute atomic E-state index is 0.329. The number of aryl methyl sites for hydroxylation is 1. The fraction of sp³-hybridized carbons (Fsp3) is 0.429. The van der Waals surface area contributed by atoms with Crippen LogP contribution in [0.4, 0.5) is 0 Å². The first kappa shape index (κ1) is 16.4. The molecule has 0 spiro atoms. The van der Waals surface area contributed by atoms with Gasteiger partial charge in [-0.05, 0) is 72.4 Å². The number of hydrogen-bond donors (Lipinski definition) is 1. The Labute approximate surface area is 145 Å². The summed E-state index contributed by atoms with van der Waals surface area (Å²) in [6.45, 7) is 4.56. The maximum absolute atomic E-state index is 6.27. The molecule has 1 N–H and O–H groups in total. The van der Waals surface area contributed by atoms with Crippen molar-refractivity contribution < 1.29 is 0 Å². The van der Waals surface area contributed by atoms with Crippen molar-refractivity contribution >= 4 is 17.2 Å². The predicted molar refractivity (Wildman–Crippen MR) is 101 cm³/mol. The van der Waals surface area contributed by atoms with Crippen molar-refractivity contribution in [1.29, 1.82) is 0 Å². The number of allylic oxidation sites excluding steroid dienone is 3. The highest BCUT2D eigenvalue weighted by Crippen LogP contribution is 2.39. The third kappa shape index (κ3) is 3.40. The van der Waals surface area contributed by atoms with E-state index in [1.165, 1.54) is 48.0 Å². The van der Waals surface area contributed by atoms with E-state index >= 15 is 0 Å². The lowest BCUT2D eigenvalue weighted by Crippen LogP contribution is -2.30. The fourth-order valence-corrected chi connectivity index (χ4v) is 4.08. The first-order chi connectivity index (χ1) is 11.2. The molecule has 1 atom stereocenters. The van der Waals surface area contributed by atoms with Gasteiger partial charge in [-0.15, -0.1) is 0 Å². The molecule has 1 aromatic rings. The molecule has 0 saturated carbocycles. The van der Waals surface area contributed by atoms with Crippen molar-refractivity contribution in [3.63, 3.8) is 0 Å². The molecule has 122 valence electrons. The van der Waals surface area contributed by atoms with Gasteiger partial charge in [-0.1, -0.05) is 56.0 Å². The average molecular weight is 328 g/mol. The van der Waals surface area contributed by atoms with Gasteiger partial charge in [0.05, 0.1) is 6.04 Å². The Morgan fingerprint density at radius 3 is 2.70 bits per heavy atom. The van der Waals surface area contributed by atoms with Gasteiger partial charge in [-0.2, -0.15) is 0 Å². The quantitative estimate of drug-likeness (QED) is 0.709. The van der Waals surface area contributed by atoms with Gasteiger partial charge in [0.25, 0.3) is 0 Å². The SMILES string of the molecule is CCCC(CCC)=C1c2ccc(Cl)cc2CCC2=CC=CNC21. The zero-order chi connectivity index (χ0) is 16.2. The highest BCUT2D eigenvalue weighted by Gasteiger charge is 2.28. The first-order valence-corrected chi connectivity index (χ1v) is 9.24. The second kappa shape index (κ2) is 7.40. The summed E-state index contributed by atoms with van der Waals surface area (Å²) in [7, 11) is 0. The van der Waals surface area contributed by atoms with E-state index in [9.17, 15) is 0 Å². The monoisotopic (exact) mass is 327 g/mol. The number of rotatable bonds is 4. The van der Waals surface area contributed by atoms with Crippen LogP contribution in [-0.2, 0) is 6.42 Å². The van der Waals surface area contributed by atoms with Crippen molar-refractivity contribution in [2.45, 2.75) is 58.4 Å². The molecule has 1 unspecified atom stereocenters.